The van der Waals surface area contributed by atoms with E-state index in [2.05, 4.69) is 64.9 Å². The van der Waals surface area contributed by atoms with Gasteiger partial charge in [-0.15, -0.1) is 0 Å². The average Bonchev–Trinajstić information content (AvgIpc) is 3.30. The van der Waals surface area contributed by atoms with Gasteiger partial charge in [0, 0.05) is 44.8 Å². The van der Waals surface area contributed by atoms with Crippen molar-refractivity contribution in [2.24, 2.45) is 4.99 Å². The van der Waals surface area contributed by atoms with Gasteiger partial charge in [-0.1, -0.05) is 42.5 Å². The van der Waals surface area contributed by atoms with E-state index in [-0.39, 0.29) is 11.9 Å². The Bertz CT molecular complexity index is 910. The molecule has 33 heavy (non-hydrogen) atoms. The second-order valence-corrected chi connectivity index (χ2v) is 8.47. The molecule has 2 aromatic rings. The Kier molecular flexibility index (Phi) is 8.33. The van der Waals surface area contributed by atoms with E-state index in [0.29, 0.717) is 13.0 Å². The average molecular weight is 450 g/mol. The van der Waals surface area contributed by atoms with Crippen LogP contribution in [0.4, 0.5) is 5.69 Å². The summed E-state index contributed by atoms with van der Waals surface area (Å²) in [5.41, 5.74) is 3.40. The van der Waals surface area contributed by atoms with E-state index in [1.807, 2.05) is 17.0 Å². The summed E-state index contributed by atoms with van der Waals surface area (Å²) in [5.74, 6) is 1.03. The molecule has 0 radical (unpaired) electrons. The molecule has 1 unspecified atom stereocenters. The molecule has 176 valence electrons. The summed E-state index contributed by atoms with van der Waals surface area (Å²) in [6, 6.07) is 19.1. The third-order valence-corrected chi connectivity index (χ3v) is 6.22. The predicted octanol–water partition coefficient (Wildman–Crippen LogP) is 2.94. The van der Waals surface area contributed by atoms with E-state index < -0.39 is 0 Å². The first-order chi connectivity index (χ1) is 16.2. The first kappa shape index (κ1) is 23.3. The summed E-state index contributed by atoms with van der Waals surface area (Å²) < 4.78 is 5.56. The lowest BCUT2D eigenvalue weighted by atomic mass is 10.0. The number of morpholine rings is 1. The second-order valence-electron chi connectivity index (χ2n) is 8.47. The number of hydrogen-bond acceptors (Lipinski definition) is 4. The van der Waals surface area contributed by atoms with Crippen LogP contribution in [0.25, 0.3) is 0 Å². The van der Waals surface area contributed by atoms with Crippen LogP contribution in [0.3, 0.4) is 0 Å². The number of aliphatic imine (C=N–C) groups is 1. The normalized spacial score (nSPS) is 18.4. The number of nitrogens with one attached hydrogen (secondary N) is 2. The number of ether oxygens (including phenoxy) is 1. The van der Waals surface area contributed by atoms with E-state index in [1.165, 1.54) is 5.56 Å². The predicted molar refractivity (Wildman–Crippen MR) is 132 cm³/mol. The summed E-state index contributed by atoms with van der Waals surface area (Å²) in [6.07, 6.45) is 1.59. The minimum atomic E-state index is 0.215. The largest absolute Gasteiger partial charge is 0.379 e. The molecule has 0 spiro atoms. The van der Waals surface area contributed by atoms with Crippen LogP contribution in [0, 0.1) is 0 Å². The molecule has 0 aliphatic carbocycles. The molecule has 4 rings (SSSR count). The van der Waals surface area contributed by atoms with Crippen molar-refractivity contribution < 1.29 is 9.53 Å². The topological polar surface area (TPSA) is 69.2 Å². The smallest absolute Gasteiger partial charge is 0.227 e. The summed E-state index contributed by atoms with van der Waals surface area (Å²) in [6.45, 7) is 8.46. The van der Waals surface area contributed by atoms with Crippen LogP contribution < -0.4 is 15.5 Å². The van der Waals surface area contributed by atoms with Crippen LogP contribution in [0.15, 0.2) is 59.6 Å². The monoisotopic (exact) mass is 449 g/mol. The summed E-state index contributed by atoms with van der Waals surface area (Å²) in [7, 11) is 0. The zero-order valence-corrected chi connectivity index (χ0v) is 19.5. The lowest BCUT2D eigenvalue weighted by Crippen LogP contribution is -2.46. The molecule has 1 atom stereocenters. The number of guanidine groups is 1. The molecule has 2 saturated heterocycles. The number of amides is 1. The van der Waals surface area contributed by atoms with Gasteiger partial charge in [0.2, 0.25) is 5.91 Å². The van der Waals surface area contributed by atoms with E-state index in [9.17, 15) is 4.79 Å². The summed E-state index contributed by atoms with van der Waals surface area (Å²) >= 11 is 0. The van der Waals surface area contributed by atoms with Gasteiger partial charge in [-0.25, -0.2) is 4.99 Å². The molecule has 2 aromatic carbocycles. The van der Waals surface area contributed by atoms with Crippen molar-refractivity contribution in [1.29, 1.82) is 0 Å². The molecule has 0 saturated carbocycles. The van der Waals surface area contributed by atoms with Gasteiger partial charge in [-0.3, -0.25) is 9.69 Å². The van der Waals surface area contributed by atoms with Crippen molar-refractivity contribution in [3.63, 3.8) is 0 Å². The van der Waals surface area contributed by atoms with Crippen molar-refractivity contribution in [3.05, 3.63) is 65.7 Å². The fourth-order valence-corrected chi connectivity index (χ4v) is 4.43. The lowest BCUT2D eigenvalue weighted by Gasteiger charge is -2.35. The number of carbonyl (C=O) groups excluding carboxylic acids is 1. The zero-order valence-electron chi connectivity index (χ0n) is 19.5. The molecule has 2 fully saturated rings. The first-order valence-electron chi connectivity index (χ1n) is 12.0. The zero-order chi connectivity index (χ0) is 22.9. The minimum absolute atomic E-state index is 0.215. The van der Waals surface area contributed by atoms with E-state index in [0.717, 1.165) is 69.6 Å². The fourth-order valence-electron chi connectivity index (χ4n) is 4.43. The highest BCUT2D eigenvalue weighted by atomic mass is 16.5. The molecule has 7 nitrogen and oxygen atoms in total. The number of rotatable bonds is 8. The maximum absolute atomic E-state index is 12.0. The Morgan fingerprint density at radius 2 is 1.79 bits per heavy atom. The molecular weight excluding hydrogens is 414 g/mol. The first-order valence-corrected chi connectivity index (χ1v) is 12.0. The third-order valence-electron chi connectivity index (χ3n) is 6.22. The maximum Gasteiger partial charge on any atom is 0.227 e. The second kappa shape index (κ2) is 11.8. The minimum Gasteiger partial charge on any atom is -0.379 e. The van der Waals surface area contributed by atoms with E-state index in [4.69, 9.17) is 9.73 Å². The number of nitrogens with zero attached hydrogens (tertiary/aromatic N) is 3. The lowest BCUT2D eigenvalue weighted by molar-refractivity contribution is -0.117. The van der Waals surface area contributed by atoms with Gasteiger partial charge in [-0.2, -0.15) is 0 Å². The van der Waals surface area contributed by atoms with Crippen molar-refractivity contribution in [2.45, 2.75) is 32.4 Å². The molecule has 2 N–H and O–H groups in total. The van der Waals surface area contributed by atoms with Gasteiger partial charge in [-0.05, 0) is 36.6 Å². The number of carbonyl (C=O) groups is 1. The number of anilines is 1. The molecule has 1 amide bonds. The van der Waals surface area contributed by atoms with Crippen LogP contribution in [0.5, 0.6) is 0 Å². The highest BCUT2D eigenvalue weighted by Crippen LogP contribution is 2.22. The van der Waals surface area contributed by atoms with Crippen LogP contribution in [0.1, 0.15) is 36.9 Å². The molecule has 2 heterocycles. The fraction of sp³-hybridized carbons (Fsp3) is 0.462. The van der Waals surface area contributed by atoms with Crippen molar-refractivity contribution in [3.8, 4) is 0 Å². The highest BCUT2D eigenvalue weighted by Gasteiger charge is 2.23. The SMILES string of the molecule is CCNC(=NCc1ccc(N2CCCC2=O)cc1)NCC(c1ccccc1)N1CCOCC1. The molecule has 2 aliphatic rings. The Labute approximate surface area is 196 Å². The van der Waals surface area contributed by atoms with Crippen LogP contribution in [-0.4, -0.2) is 62.7 Å². The molecule has 0 aromatic heterocycles. The van der Waals surface area contributed by atoms with Crippen molar-refractivity contribution >= 4 is 17.6 Å². The Balaban J connectivity index is 1.40. The third kappa shape index (κ3) is 6.33. The maximum atomic E-state index is 12.0. The molecule has 7 heteroatoms. The number of benzene rings is 2. The molecule has 2 aliphatic heterocycles. The van der Waals surface area contributed by atoms with Crippen molar-refractivity contribution in [2.75, 3.05) is 50.8 Å². The van der Waals surface area contributed by atoms with E-state index in [1.54, 1.807) is 0 Å². The Hall–Kier alpha value is -2.90. The van der Waals surface area contributed by atoms with E-state index >= 15 is 0 Å². The standard InChI is InChI=1S/C26H35N5O2/c1-2-27-26(28-19-21-10-12-23(13-11-21)31-14-6-9-25(31)32)29-20-24(22-7-4-3-5-8-22)30-15-17-33-18-16-30/h3-5,7-8,10-13,24H,2,6,9,14-20H2,1H3,(H2,27,28,29). The molecular formula is C26H35N5O2. The highest BCUT2D eigenvalue weighted by molar-refractivity contribution is 5.95. The van der Waals surface area contributed by atoms with Gasteiger partial charge >= 0.3 is 0 Å². The molecule has 0 bridgehead atoms. The van der Waals surface area contributed by atoms with Gasteiger partial charge in [0.1, 0.15) is 0 Å². The Morgan fingerprint density at radius 1 is 1.03 bits per heavy atom. The van der Waals surface area contributed by atoms with Crippen LogP contribution >= 0.6 is 0 Å². The summed E-state index contributed by atoms with van der Waals surface area (Å²) in [4.78, 5) is 21.1. The van der Waals surface area contributed by atoms with Gasteiger partial charge in [0.15, 0.2) is 5.96 Å². The van der Waals surface area contributed by atoms with Crippen LogP contribution in [0.2, 0.25) is 0 Å². The van der Waals surface area contributed by atoms with Gasteiger partial charge < -0.3 is 20.3 Å². The summed E-state index contributed by atoms with van der Waals surface area (Å²) in [5, 5.41) is 6.92. The Morgan fingerprint density at radius 3 is 2.45 bits per heavy atom. The van der Waals surface area contributed by atoms with Gasteiger partial charge in [0.05, 0.1) is 25.8 Å². The van der Waals surface area contributed by atoms with Crippen molar-refractivity contribution in [1.82, 2.24) is 15.5 Å². The quantitative estimate of drug-likeness (QED) is 0.479. The van der Waals surface area contributed by atoms with Gasteiger partial charge in [0.25, 0.3) is 0 Å². The van der Waals surface area contributed by atoms with Crippen LogP contribution in [-0.2, 0) is 16.1 Å². The number of hydrogen-bond donors (Lipinski definition) is 2.